The molecule has 6 heteroatoms. The van der Waals surface area contributed by atoms with Gasteiger partial charge in [-0.15, -0.1) is 0 Å². The molecule has 0 saturated heterocycles. The second kappa shape index (κ2) is 7.39. The minimum absolute atomic E-state index is 0.0448. The van der Waals surface area contributed by atoms with Crippen LogP contribution in [0.15, 0.2) is 0 Å². The highest BCUT2D eigenvalue weighted by molar-refractivity contribution is 6.10. The van der Waals surface area contributed by atoms with Crippen molar-refractivity contribution in [2.45, 2.75) is 104 Å². The predicted octanol–water partition coefficient (Wildman–Crippen LogP) is 4.01. The highest BCUT2D eigenvalue weighted by Gasteiger charge is 2.70. The number of Topliss-reactive ketones (excluding diaryl/α,β-unsaturated/α-hetero) is 2. The van der Waals surface area contributed by atoms with E-state index in [4.69, 9.17) is 0 Å². The van der Waals surface area contributed by atoms with Gasteiger partial charge in [-0.1, -0.05) is 40.5 Å². The molecule has 0 heterocycles. The van der Waals surface area contributed by atoms with Crippen molar-refractivity contribution in [2.75, 3.05) is 14.1 Å². The average Bonchev–Trinajstić information content (AvgIpc) is 3.36. The van der Waals surface area contributed by atoms with Crippen LogP contribution >= 0.6 is 0 Å². The molecule has 0 unspecified atom stereocenters. The summed E-state index contributed by atoms with van der Waals surface area (Å²) in [5.74, 6) is 0.698. The molecule has 5 saturated carbocycles. The average molecular weight is 471 g/mol. The van der Waals surface area contributed by atoms with Gasteiger partial charge in [-0.2, -0.15) is 0 Å². The third-order valence-electron chi connectivity index (χ3n) is 11.9. The van der Waals surface area contributed by atoms with Gasteiger partial charge in [-0.25, -0.2) is 0 Å². The Morgan fingerprint density at radius 3 is 1.29 bits per heavy atom. The maximum atomic E-state index is 14.1. The summed E-state index contributed by atoms with van der Waals surface area (Å²) < 4.78 is 0. The predicted molar refractivity (Wildman–Crippen MR) is 129 cm³/mol. The Bertz CT molecular complexity index is 878. The van der Waals surface area contributed by atoms with Gasteiger partial charge in [0.15, 0.2) is 0 Å². The third kappa shape index (κ3) is 2.63. The van der Waals surface area contributed by atoms with Gasteiger partial charge in [0, 0.05) is 26.9 Å². The van der Waals surface area contributed by atoms with Crippen molar-refractivity contribution in [1.29, 1.82) is 0 Å². The minimum Gasteiger partial charge on any atom is -0.340 e. The third-order valence-corrected chi connectivity index (χ3v) is 11.9. The molecule has 0 spiro atoms. The fraction of sp³-hybridized carbons (Fsp3) is 0.857. The van der Waals surface area contributed by atoms with Crippen LogP contribution in [-0.4, -0.2) is 59.4 Å². The van der Waals surface area contributed by atoms with Crippen molar-refractivity contribution in [3.63, 3.8) is 0 Å². The van der Waals surface area contributed by atoms with Gasteiger partial charge in [0.05, 0.1) is 12.1 Å². The number of carbonyl (C=O) groups is 4. The minimum atomic E-state index is -0.919. The Morgan fingerprint density at radius 1 is 0.676 bits per heavy atom. The molecular weight excluding hydrogens is 428 g/mol. The van der Waals surface area contributed by atoms with Crippen LogP contribution in [0.3, 0.4) is 0 Å². The van der Waals surface area contributed by atoms with Crippen LogP contribution in [-0.2, 0) is 19.2 Å². The summed E-state index contributed by atoms with van der Waals surface area (Å²) in [5, 5.41) is 0. The number of hydrogen-bond donors (Lipinski definition) is 0. The molecule has 2 amide bonds. The van der Waals surface area contributed by atoms with Crippen LogP contribution in [0.2, 0.25) is 0 Å². The second-order valence-corrected chi connectivity index (χ2v) is 13.2. The van der Waals surface area contributed by atoms with E-state index in [1.54, 1.807) is 0 Å². The van der Waals surface area contributed by atoms with Gasteiger partial charge in [0.1, 0.15) is 22.4 Å². The summed E-state index contributed by atoms with van der Waals surface area (Å²) in [6, 6.07) is -0.248. The van der Waals surface area contributed by atoms with Crippen molar-refractivity contribution in [3.8, 4) is 0 Å². The molecule has 0 aliphatic heterocycles. The van der Waals surface area contributed by atoms with Crippen molar-refractivity contribution in [3.05, 3.63) is 0 Å². The lowest BCUT2D eigenvalue weighted by atomic mass is 9.67. The molecule has 6 atom stereocenters. The Kier molecular flexibility index (Phi) is 5.22. The van der Waals surface area contributed by atoms with Gasteiger partial charge in [0.2, 0.25) is 11.8 Å². The van der Waals surface area contributed by atoms with Crippen LogP contribution in [0.1, 0.15) is 91.9 Å². The number of likely N-dealkylation sites (N-methyl/N-ethyl adjacent to an activating group) is 2. The number of hydrogen-bond acceptors (Lipinski definition) is 4. The van der Waals surface area contributed by atoms with Gasteiger partial charge >= 0.3 is 0 Å². The van der Waals surface area contributed by atoms with Crippen LogP contribution in [0.4, 0.5) is 0 Å². The van der Waals surface area contributed by atoms with Crippen molar-refractivity contribution in [1.82, 2.24) is 9.80 Å². The SMILES string of the molecule is CN(C(=O)[C@]12CC[C@H](CC1=O)C2(C)C)[C@@H]1CCCC[C@H]1N(C)C(=O)[C@]12CC[C@H](CC1=O)C2(C)C. The first-order chi connectivity index (χ1) is 15.8. The molecule has 188 valence electrons. The maximum Gasteiger partial charge on any atom is 0.236 e. The largest absolute Gasteiger partial charge is 0.340 e. The highest BCUT2D eigenvalue weighted by Crippen LogP contribution is 2.66. The zero-order valence-electron chi connectivity index (χ0n) is 21.9. The van der Waals surface area contributed by atoms with E-state index < -0.39 is 10.8 Å². The summed E-state index contributed by atoms with van der Waals surface area (Å²) in [5.41, 5.74) is -2.48. The lowest BCUT2D eigenvalue weighted by molar-refractivity contribution is -0.161. The normalized spacial score (nSPS) is 41.7. The quantitative estimate of drug-likeness (QED) is 0.582. The molecule has 0 N–H and O–H groups in total. The molecule has 0 radical (unpaired) electrons. The molecule has 34 heavy (non-hydrogen) atoms. The summed E-state index contributed by atoms with van der Waals surface area (Å²) in [7, 11) is 3.70. The summed E-state index contributed by atoms with van der Waals surface area (Å²) in [6.45, 7) is 8.38. The molecule has 0 aromatic heterocycles. The molecular formula is C28H42N2O4. The van der Waals surface area contributed by atoms with E-state index in [9.17, 15) is 19.2 Å². The number of amides is 2. The van der Waals surface area contributed by atoms with Crippen molar-refractivity contribution >= 4 is 23.4 Å². The molecule has 6 nitrogen and oxygen atoms in total. The van der Waals surface area contributed by atoms with Crippen LogP contribution in [0, 0.1) is 33.5 Å². The van der Waals surface area contributed by atoms with E-state index in [0.717, 1.165) is 38.5 Å². The smallest absolute Gasteiger partial charge is 0.236 e. The maximum absolute atomic E-state index is 14.1. The Morgan fingerprint density at radius 2 is 1.03 bits per heavy atom. The first kappa shape index (κ1) is 24.0. The van der Waals surface area contributed by atoms with Crippen molar-refractivity contribution in [2.24, 2.45) is 33.5 Å². The van der Waals surface area contributed by atoms with Gasteiger partial charge in [0.25, 0.3) is 0 Å². The van der Waals surface area contributed by atoms with Crippen molar-refractivity contribution < 1.29 is 19.2 Å². The Hall–Kier alpha value is -1.72. The van der Waals surface area contributed by atoms with E-state index in [1.165, 1.54) is 0 Å². The Labute approximate surface area is 204 Å². The first-order valence-electron chi connectivity index (χ1n) is 13.4. The molecule has 0 aromatic rings. The van der Waals surface area contributed by atoms with E-state index in [0.29, 0.717) is 25.7 Å². The number of fused-ring (bicyclic) bond motifs is 4. The molecule has 5 rings (SSSR count). The van der Waals surface area contributed by atoms with E-state index in [1.807, 2.05) is 23.9 Å². The standard InChI is InChI=1S/C28H42N2O4/c1-25(2)17-11-13-27(25,21(31)15-17)23(33)29(5)19-9-7-8-10-20(19)30(6)24(34)28-14-12-18(16-22(28)32)26(28,3)4/h17-20H,7-16H2,1-6H3/t17-,18-,19-,20-,27+,28+/m1/s1. The molecule has 4 bridgehead atoms. The fourth-order valence-corrected chi connectivity index (χ4v) is 9.25. The molecule has 0 aromatic carbocycles. The lowest BCUT2D eigenvalue weighted by Crippen LogP contribution is -2.61. The zero-order chi connectivity index (χ0) is 24.8. The zero-order valence-corrected chi connectivity index (χ0v) is 21.9. The number of ketones is 2. The number of nitrogens with zero attached hydrogens (tertiary/aromatic N) is 2. The topological polar surface area (TPSA) is 74.8 Å². The molecule has 5 fully saturated rings. The highest BCUT2D eigenvalue weighted by atomic mass is 16.2. The summed E-state index contributed by atoms with van der Waals surface area (Å²) >= 11 is 0. The fourth-order valence-electron chi connectivity index (χ4n) is 9.25. The Balaban J connectivity index is 1.43. The van der Waals surface area contributed by atoms with Crippen LogP contribution < -0.4 is 0 Å². The van der Waals surface area contributed by atoms with E-state index in [-0.39, 0.29) is 58.1 Å². The molecule has 5 aliphatic rings. The van der Waals surface area contributed by atoms with Crippen LogP contribution in [0.5, 0.6) is 0 Å². The number of rotatable bonds is 4. The summed E-state index contributed by atoms with van der Waals surface area (Å²) in [6.07, 6.45) is 7.85. The van der Waals surface area contributed by atoms with E-state index in [2.05, 4.69) is 27.7 Å². The van der Waals surface area contributed by atoms with Crippen LogP contribution in [0.25, 0.3) is 0 Å². The van der Waals surface area contributed by atoms with Gasteiger partial charge in [-0.3, -0.25) is 19.2 Å². The lowest BCUT2D eigenvalue weighted by Gasteiger charge is -2.48. The first-order valence-corrected chi connectivity index (χ1v) is 13.4. The number of carbonyl (C=O) groups excluding carboxylic acids is 4. The van der Waals surface area contributed by atoms with Gasteiger partial charge < -0.3 is 9.80 Å². The molecule has 5 aliphatic carbocycles. The summed E-state index contributed by atoms with van der Waals surface area (Å²) in [4.78, 5) is 58.1. The van der Waals surface area contributed by atoms with E-state index >= 15 is 0 Å². The second-order valence-electron chi connectivity index (χ2n) is 13.2. The monoisotopic (exact) mass is 470 g/mol. The van der Waals surface area contributed by atoms with Gasteiger partial charge in [-0.05, 0) is 61.2 Å².